The smallest absolute Gasteiger partial charge is 0.313 e. The Labute approximate surface area is 146 Å². The number of hydrogen-bond donors (Lipinski definition) is 2. The molecular formula is C14H14N8O4. The van der Waals surface area contributed by atoms with E-state index in [1.165, 1.54) is 10.9 Å². The number of carbonyl (C=O) groups excluding carboxylic acids is 1. The van der Waals surface area contributed by atoms with Crippen LogP contribution in [0.2, 0.25) is 0 Å². The Balaban J connectivity index is 1.66. The molecule has 0 saturated carbocycles. The maximum Gasteiger partial charge on any atom is 0.340 e. The normalized spacial score (nSPS) is 11.2. The predicted molar refractivity (Wildman–Crippen MR) is 87.5 cm³/mol. The third-order valence-corrected chi connectivity index (χ3v) is 3.56. The first kappa shape index (κ1) is 17.0. The van der Waals surface area contributed by atoms with Gasteiger partial charge in [-0.05, 0) is 26.0 Å². The van der Waals surface area contributed by atoms with E-state index in [0.717, 1.165) is 6.20 Å². The van der Waals surface area contributed by atoms with E-state index < -0.39 is 16.4 Å². The van der Waals surface area contributed by atoms with Crippen molar-refractivity contribution in [3.05, 3.63) is 47.0 Å². The average molecular weight is 358 g/mol. The first-order valence-corrected chi connectivity index (χ1v) is 7.38. The highest BCUT2D eigenvalue weighted by Gasteiger charge is 2.32. The highest BCUT2D eigenvalue weighted by Crippen LogP contribution is 2.19. The number of anilines is 1. The zero-order valence-electron chi connectivity index (χ0n) is 13.8. The summed E-state index contributed by atoms with van der Waals surface area (Å²) >= 11 is 0. The fraction of sp³-hybridized carbons (Fsp3) is 0.214. The van der Waals surface area contributed by atoms with Crippen molar-refractivity contribution in [1.29, 1.82) is 0 Å². The molecule has 12 heteroatoms. The minimum atomic E-state index is -1.20. The molecule has 134 valence electrons. The average Bonchev–Trinajstić information content (AvgIpc) is 3.30. The van der Waals surface area contributed by atoms with Crippen LogP contribution in [0.15, 0.2) is 41.4 Å². The molecule has 0 fully saturated rings. The molecule has 2 N–H and O–H groups in total. The molecule has 0 spiro atoms. The number of nitro groups is 1. The third-order valence-electron chi connectivity index (χ3n) is 3.56. The van der Waals surface area contributed by atoms with Crippen molar-refractivity contribution >= 4 is 17.6 Å². The maximum absolute atomic E-state index is 12.4. The van der Waals surface area contributed by atoms with Gasteiger partial charge >= 0.3 is 11.7 Å². The number of carbonyl (C=O) groups is 1. The largest absolute Gasteiger partial charge is 0.340 e. The van der Waals surface area contributed by atoms with E-state index in [4.69, 9.17) is 4.52 Å². The first-order chi connectivity index (χ1) is 12.4. The fourth-order valence-electron chi connectivity index (χ4n) is 1.97. The molecule has 0 bridgehead atoms. The Morgan fingerprint density at radius 3 is 2.73 bits per heavy atom. The maximum atomic E-state index is 12.4. The van der Waals surface area contributed by atoms with E-state index >= 15 is 0 Å². The van der Waals surface area contributed by atoms with Gasteiger partial charge < -0.3 is 4.52 Å². The minimum Gasteiger partial charge on any atom is -0.313 e. The molecule has 0 aliphatic heterocycles. The first-order valence-electron chi connectivity index (χ1n) is 7.38. The lowest BCUT2D eigenvalue weighted by Gasteiger charge is -2.23. The summed E-state index contributed by atoms with van der Waals surface area (Å²) in [5, 5.41) is 18.4. The highest BCUT2D eigenvalue weighted by atomic mass is 16.6. The van der Waals surface area contributed by atoms with Gasteiger partial charge in [0, 0.05) is 18.0 Å². The van der Waals surface area contributed by atoms with Crippen LogP contribution in [-0.4, -0.2) is 35.7 Å². The molecule has 3 rings (SSSR count). The molecule has 0 aliphatic carbocycles. The SMILES string of the molecule is CC(C)(C(=O)NNc1nc(-c2ccncc2)no1)n1cc([N+](=O)[O-])cn1. The lowest BCUT2D eigenvalue weighted by Crippen LogP contribution is -2.46. The number of pyridine rings is 1. The van der Waals surface area contributed by atoms with Gasteiger partial charge in [0.15, 0.2) is 0 Å². The second kappa shape index (κ2) is 6.58. The fourth-order valence-corrected chi connectivity index (χ4v) is 1.97. The van der Waals surface area contributed by atoms with Crippen LogP contribution in [0.5, 0.6) is 0 Å². The molecule has 3 heterocycles. The standard InChI is InChI=1S/C14H14N8O4/c1-14(2,21-8-10(7-16-21)22(24)25)12(23)18-19-13-17-11(20-26-13)9-3-5-15-6-4-9/h3-8H,1-2H3,(H,18,23)(H,17,19,20). The summed E-state index contributed by atoms with van der Waals surface area (Å²) in [6, 6.07) is 3.40. The summed E-state index contributed by atoms with van der Waals surface area (Å²) in [7, 11) is 0. The van der Waals surface area contributed by atoms with Gasteiger partial charge in [-0.1, -0.05) is 5.16 Å². The number of nitrogens with one attached hydrogen (secondary N) is 2. The van der Waals surface area contributed by atoms with Crippen molar-refractivity contribution in [2.75, 3.05) is 5.43 Å². The number of amides is 1. The number of aromatic nitrogens is 5. The second-order valence-corrected chi connectivity index (χ2v) is 5.70. The lowest BCUT2D eigenvalue weighted by molar-refractivity contribution is -0.385. The van der Waals surface area contributed by atoms with Crippen LogP contribution in [0.3, 0.4) is 0 Å². The van der Waals surface area contributed by atoms with Gasteiger partial charge in [-0.25, -0.2) is 5.43 Å². The van der Waals surface area contributed by atoms with Crippen molar-refractivity contribution in [3.63, 3.8) is 0 Å². The Morgan fingerprint density at radius 2 is 2.08 bits per heavy atom. The minimum absolute atomic E-state index is 0.0209. The molecule has 12 nitrogen and oxygen atoms in total. The Morgan fingerprint density at radius 1 is 1.35 bits per heavy atom. The van der Waals surface area contributed by atoms with Crippen molar-refractivity contribution in [3.8, 4) is 11.4 Å². The molecule has 26 heavy (non-hydrogen) atoms. The molecule has 0 aromatic carbocycles. The van der Waals surface area contributed by atoms with Crippen LogP contribution in [0.25, 0.3) is 11.4 Å². The van der Waals surface area contributed by atoms with Crippen LogP contribution < -0.4 is 10.9 Å². The van der Waals surface area contributed by atoms with E-state index in [0.29, 0.717) is 11.4 Å². The number of nitrogens with zero attached hydrogens (tertiary/aromatic N) is 6. The van der Waals surface area contributed by atoms with Gasteiger partial charge in [0.25, 0.3) is 5.91 Å². The Hall–Kier alpha value is -3.83. The van der Waals surface area contributed by atoms with Crippen LogP contribution in [0.4, 0.5) is 11.7 Å². The van der Waals surface area contributed by atoms with Gasteiger partial charge in [-0.3, -0.25) is 30.0 Å². The highest BCUT2D eigenvalue weighted by molar-refractivity contribution is 5.84. The topological polar surface area (TPSA) is 154 Å². The third kappa shape index (κ3) is 3.33. The van der Waals surface area contributed by atoms with Gasteiger partial charge in [0.1, 0.15) is 17.9 Å². The van der Waals surface area contributed by atoms with Gasteiger partial charge in [-0.15, -0.1) is 0 Å². The lowest BCUT2D eigenvalue weighted by atomic mass is 10.1. The van der Waals surface area contributed by atoms with Gasteiger partial charge in [-0.2, -0.15) is 10.1 Å². The number of rotatable bonds is 6. The predicted octanol–water partition coefficient (Wildman–Crippen LogP) is 1.11. The zero-order chi connectivity index (χ0) is 18.7. The van der Waals surface area contributed by atoms with Gasteiger partial charge in [0.2, 0.25) is 5.82 Å². The molecule has 0 radical (unpaired) electrons. The van der Waals surface area contributed by atoms with Crippen molar-refractivity contribution in [1.82, 2.24) is 30.3 Å². The second-order valence-electron chi connectivity index (χ2n) is 5.70. The van der Waals surface area contributed by atoms with E-state index in [1.54, 1.807) is 38.4 Å². The Bertz CT molecular complexity index is 933. The quantitative estimate of drug-likeness (QED) is 0.487. The van der Waals surface area contributed by atoms with Crippen molar-refractivity contribution in [2.24, 2.45) is 0 Å². The van der Waals surface area contributed by atoms with Crippen LogP contribution in [-0.2, 0) is 10.3 Å². The van der Waals surface area contributed by atoms with E-state index in [9.17, 15) is 14.9 Å². The Kier molecular flexibility index (Phi) is 4.31. The van der Waals surface area contributed by atoms with E-state index in [-0.39, 0.29) is 11.7 Å². The van der Waals surface area contributed by atoms with Crippen LogP contribution in [0, 0.1) is 10.1 Å². The van der Waals surface area contributed by atoms with Crippen LogP contribution in [0.1, 0.15) is 13.8 Å². The number of hydrazine groups is 1. The monoisotopic (exact) mass is 358 g/mol. The van der Waals surface area contributed by atoms with E-state index in [1.807, 2.05) is 0 Å². The summed E-state index contributed by atoms with van der Waals surface area (Å²) in [4.78, 5) is 30.5. The molecule has 1 amide bonds. The van der Waals surface area contributed by atoms with Gasteiger partial charge in [0.05, 0.1) is 4.92 Å². The van der Waals surface area contributed by atoms with Crippen molar-refractivity contribution in [2.45, 2.75) is 19.4 Å². The molecule has 0 atom stereocenters. The van der Waals surface area contributed by atoms with E-state index in [2.05, 4.69) is 31.1 Å². The molecule has 0 saturated heterocycles. The summed E-state index contributed by atoms with van der Waals surface area (Å²) in [6.45, 7) is 3.11. The molecule has 0 unspecified atom stereocenters. The summed E-state index contributed by atoms with van der Waals surface area (Å²) in [6.07, 6.45) is 5.42. The van der Waals surface area contributed by atoms with Crippen molar-refractivity contribution < 1.29 is 14.2 Å². The molecule has 3 aromatic heterocycles. The van der Waals surface area contributed by atoms with Crippen LogP contribution >= 0.6 is 0 Å². The summed E-state index contributed by atoms with van der Waals surface area (Å²) in [5.74, 6) is -0.190. The number of hydrogen-bond acceptors (Lipinski definition) is 9. The molecular weight excluding hydrogens is 344 g/mol. The summed E-state index contributed by atoms with van der Waals surface area (Å²) < 4.78 is 6.20. The molecule has 0 aliphatic rings. The molecule has 3 aromatic rings. The summed E-state index contributed by atoms with van der Waals surface area (Å²) in [5.41, 5.74) is 4.21. The zero-order valence-corrected chi connectivity index (χ0v) is 13.8.